The number of carbonyl (C=O) groups is 3. The van der Waals surface area contributed by atoms with Gasteiger partial charge in [0.05, 0.1) is 19.6 Å². The van der Waals surface area contributed by atoms with E-state index in [9.17, 15) is 14.4 Å². The van der Waals surface area contributed by atoms with Crippen molar-refractivity contribution < 1.29 is 28.6 Å². The number of hydrogen-bond donors (Lipinski definition) is 1. The second-order valence-electron chi connectivity index (χ2n) is 10.5. The highest BCUT2D eigenvalue weighted by atomic mass is 16.6. The van der Waals surface area contributed by atoms with Crippen LogP contribution in [0.3, 0.4) is 0 Å². The Morgan fingerprint density at radius 2 is 0.871 bits per heavy atom. The van der Waals surface area contributed by atoms with E-state index in [1.807, 2.05) is 25.7 Å². The number of carbonyl (C=O) groups excluding carboxylic acids is 3. The molecule has 0 aromatic rings. The Morgan fingerprint density at radius 1 is 0.581 bits per heavy atom. The Labute approximate surface area is 187 Å². The number of nitrogens with zero attached hydrogens (tertiary/aromatic N) is 2. The second kappa shape index (κ2) is 12.4. The summed E-state index contributed by atoms with van der Waals surface area (Å²) in [5.74, 6) is -1.23. The molecule has 0 unspecified atom stereocenters. The Balaban J connectivity index is 5.12. The van der Waals surface area contributed by atoms with Gasteiger partial charge in [-0.2, -0.15) is 0 Å². The maximum absolute atomic E-state index is 12.3. The molecule has 31 heavy (non-hydrogen) atoms. The molecule has 0 aliphatic heterocycles. The molecule has 2 N–H and O–H groups in total. The van der Waals surface area contributed by atoms with E-state index in [0.29, 0.717) is 26.2 Å². The van der Waals surface area contributed by atoms with Gasteiger partial charge in [0.2, 0.25) is 0 Å². The average Bonchev–Trinajstić information content (AvgIpc) is 2.46. The van der Waals surface area contributed by atoms with Crippen LogP contribution >= 0.6 is 0 Å². The maximum atomic E-state index is 12.3. The van der Waals surface area contributed by atoms with E-state index in [4.69, 9.17) is 19.9 Å². The molecule has 182 valence electrons. The third-order valence-electron chi connectivity index (χ3n) is 3.50. The third kappa shape index (κ3) is 17.6. The average molecular weight is 446 g/mol. The molecule has 0 aromatic heterocycles. The zero-order chi connectivity index (χ0) is 24.5. The first kappa shape index (κ1) is 29.3. The monoisotopic (exact) mass is 445 g/mol. The van der Waals surface area contributed by atoms with Crippen LogP contribution in [0.25, 0.3) is 0 Å². The van der Waals surface area contributed by atoms with Gasteiger partial charge in [-0.15, -0.1) is 0 Å². The lowest BCUT2D eigenvalue weighted by molar-refractivity contribution is -0.161. The summed E-state index contributed by atoms with van der Waals surface area (Å²) in [4.78, 5) is 40.3. The maximum Gasteiger partial charge on any atom is 0.320 e. The van der Waals surface area contributed by atoms with E-state index in [1.54, 1.807) is 46.4 Å². The molecule has 0 aromatic carbocycles. The molecule has 0 bridgehead atoms. The van der Waals surface area contributed by atoms with Gasteiger partial charge in [-0.1, -0.05) is 0 Å². The Morgan fingerprint density at radius 3 is 1.16 bits per heavy atom. The fourth-order valence-electron chi connectivity index (χ4n) is 2.62. The zero-order valence-corrected chi connectivity index (χ0v) is 20.9. The Kier molecular flexibility index (Phi) is 11.7. The van der Waals surface area contributed by atoms with Crippen LogP contribution in [0, 0.1) is 0 Å². The molecule has 9 nitrogen and oxygen atoms in total. The molecular weight excluding hydrogens is 402 g/mol. The summed E-state index contributed by atoms with van der Waals surface area (Å²) < 4.78 is 16.1. The van der Waals surface area contributed by atoms with E-state index in [-0.39, 0.29) is 25.6 Å². The Bertz CT molecular complexity index is 558. The number of esters is 3. The van der Waals surface area contributed by atoms with E-state index < -0.39 is 28.7 Å². The number of ether oxygens (including phenoxy) is 3. The fourth-order valence-corrected chi connectivity index (χ4v) is 2.62. The normalized spacial score (nSPS) is 12.8. The standard InChI is InChI=1S/C22H43N3O6/c1-20(2,3)29-17(26)14-24(11-10-23)12-13-25(15-18(27)30-21(4,5)6)16-19(28)31-22(7,8)9/h10-16,23H2,1-9H3. The molecule has 0 heterocycles. The van der Waals surface area contributed by atoms with Gasteiger partial charge >= 0.3 is 17.9 Å². The van der Waals surface area contributed by atoms with Crippen molar-refractivity contribution in [2.45, 2.75) is 79.1 Å². The van der Waals surface area contributed by atoms with Crippen molar-refractivity contribution >= 4 is 17.9 Å². The summed E-state index contributed by atoms with van der Waals surface area (Å²) >= 11 is 0. The lowest BCUT2D eigenvalue weighted by Gasteiger charge is -2.29. The van der Waals surface area contributed by atoms with Crippen LogP contribution in [-0.2, 0) is 28.6 Å². The summed E-state index contributed by atoms with van der Waals surface area (Å²) in [5.41, 5.74) is 3.85. The van der Waals surface area contributed by atoms with Gasteiger partial charge in [0, 0.05) is 26.2 Å². The largest absolute Gasteiger partial charge is 0.459 e. The summed E-state index contributed by atoms with van der Waals surface area (Å²) in [6.07, 6.45) is 0. The number of nitrogens with two attached hydrogens (primary N) is 1. The molecule has 0 saturated carbocycles. The van der Waals surface area contributed by atoms with Crippen molar-refractivity contribution in [3.63, 3.8) is 0 Å². The predicted octanol–water partition coefficient (Wildman–Crippen LogP) is 1.57. The van der Waals surface area contributed by atoms with Crippen LogP contribution < -0.4 is 5.73 Å². The molecule has 0 amide bonds. The molecular formula is C22H43N3O6. The summed E-state index contributed by atoms with van der Waals surface area (Å²) in [6, 6.07) is 0. The molecule has 0 fully saturated rings. The van der Waals surface area contributed by atoms with Gasteiger partial charge in [-0.25, -0.2) is 0 Å². The molecule has 9 heteroatoms. The first-order valence-electron chi connectivity index (χ1n) is 10.7. The van der Waals surface area contributed by atoms with Gasteiger partial charge in [0.1, 0.15) is 16.8 Å². The first-order valence-corrected chi connectivity index (χ1v) is 10.7. The van der Waals surface area contributed by atoms with Crippen LogP contribution in [0.1, 0.15) is 62.3 Å². The smallest absolute Gasteiger partial charge is 0.320 e. The minimum atomic E-state index is -0.628. The van der Waals surface area contributed by atoms with Crippen molar-refractivity contribution in [2.24, 2.45) is 5.73 Å². The SMILES string of the molecule is CC(C)(C)OC(=O)CN(CCN)CCN(CC(=O)OC(C)(C)C)CC(=O)OC(C)(C)C. The molecule has 0 aliphatic rings. The summed E-state index contributed by atoms with van der Waals surface area (Å²) in [5, 5.41) is 0. The molecule has 0 spiro atoms. The van der Waals surface area contributed by atoms with E-state index in [1.165, 1.54) is 0 Å². The van der Waals surface area contributed by atoms with Crippen LogP contribution in [0.5, 0.6) is 0 Å². The van der Waals surface area contributed by atoms with Gasteiger partial charge in [-0.05, 0) is 62.3 Å². The van der Waals surface area contributed by atoms with Crippen LogP contribution in [0.2, 0.25) is 0 Å². The van der Waals surface area contributed by atoms with Crippen molar-refractivity contribution in [3.05, 3.63) is 0 Å². The number of hydrogen-bond acceptors (Lipinski definition) is 9. The van der Waals surface area contributed by atoms with Crippen molar-refractivity contribution in [2.75, 3.05) is 45.8 Å². The highest BCUT2D eigenvalue weighted by Gasteiger charge is 2.24. The van der Waals surface area contributed by atoms with E-state index in [0.717, 1.165) is 0 Å². The molecule has 0 rings (SSSR count). The van der Waals surface area contributed by atoms with Crippen LogP contribution in [0.15, 0.2) is 0 Å². The highest BCUT2D eigenvalue weighted by Crippen LogP contribution is 2.10. The first-order chi connectivity index (χ1) is 13.9. The highest BCUT2D eigenvalue weighted by molar-refractivity contribution is 5.75. The topological polar surface area (TPSA) is 111 Å². The summed E-state index contributed by atoms with van der Waals surface area (Å²) in [6.45, 7) is 17.7. The van der Waals surface area contributed by atoms with Gasteiger partial charge < -0.3 is 19.9 Å². The second-order valence-corrected chi connectivity index (χ2v) is 10.5. The predicted molar refractivity (Wildman–Crippen MR) is 119 cm³/mol. The van der Waals surface area contributed by atoms with Crippen molar-refractivity contribution in [1.82, 2.24) is 9.80 Å². The minimum Gasteiger partial charge on any atom is -0.459 e. The van der Waals surface area contributed by atoms with Crippen LogP contribution in [0.4, 0.5) is 0 Å². The zero-order valence-electron chi connectivity index (χ0n) is 20.9. The van der Waals surface area contributed by atoms with Gasteiger partial charge in [0.25, 0.3) is 0 Å². The fraction of sp³-hybridized carbons (Fsp3) is 0.864. The number of rotatable bonds is 11. The molecule has 0 saturated heterocycles. The lowest BCUT2D eigenvalue weighted by atomic mass is 10.2. The van der Waals surface area contributed by atoms with Gasteiger partial charge in [0.15, 0.2) is 0 Å². The molecule has 0 atom stereocenters. The van der Waals surface area contributed by atoms with Crippen molar-refractivity contribution in [1.29, 1.82) is 0 Å². The van der Waals surface area contributed by atoms with Gasteiger partial charge in [-0.3, -0.25) is 24.2 Å². The molecule has 0 radical (unpaired) electrons. The lowest BCUT2D eigenvalue weighted by Crippen LogP contribution is -2.45. The quantitative estimate of drug-likeness (QED) is 0.374. The Hall–Kier alpha value is -1.71. The van der Waals surface area contributed by atoms with E-state index >= 15 is 0 Å². The minimum absolute atomic E-state index is 0.0700. The molecule has 0 aliphatic carbocycles. The van der Waals surface area contributed by atoms with Crippen molar-refractivity contribution in [3.8, 4) is 0 Å². The van der Waals surface area contributed by atoms with E-state index in [2.05, 4.69) is 0 Å². The summed E-state index contributed by atoms with van der Waals surface area (Å²) in [7, 11) is 0. The van der Waals surface area contributed by atoms with Crippen LogP contribution in [-0.4, -0.2) is 90.3 Å². The third-order valence-corrected chi connectivity index (χ3v) is 3.50.